The summed E-state index contributed by atoms with van der Waals surface area (Å²) in [6.07, 6.45) is 5.99. The van der Waals surface area contributed by atoms with Crippen molar-refractivity contribution in [2.45, 2.75) is 88.6 Å². The van der Waals surface area contributed by atoms with Crippen LogP contribution in [0.25, 0.3) is 0 Å². The Morgan fingerprint density at radius 2 is 1.83 bits per heavy atom. The van der Waals surface area contributed by atoms with Crippen LogP contribution < -0.4 is 10.6 Å². The van der Waals surface area contributed by atoms with Crippen LogP contribution in [0.5, 0.6) is 0 Å². The molecule has 2 unspecified atom stereocenters. The molecule has 1 aromatic rings. The van der Waals surface area contributed by atoms with Crippen LogP contribution in [0.15, 0.2) is 30.3 Å². The standard InChI is InChI=1S/C27H37N3O5/c1-16(2)19(15-31)30-23(25(33)29-18-11-7-4-8-12-18)27-14-13-20(35-27)21(22(27)26(30)34)24(32)28-17-9-5-3-6-10-17/h3,5-6,9-10,16,18-23,31H,4,7-8,11-15H2,1-2H3,(H,28,32)(H,29,33)/t19-,20-,21+,22-,23?,27?/m0/s1. The molecule has 1 aliphatic carbocycles. The molecule has 190 valence electrons. The average Bonchev–Trinajstić information content (AvgIpc) is 3.48. The normalized spacial score (nSPS) is 33.1. The maximum absolute atomic E-state index is 14.0. The summed E-state index contributed by atoms with van der Waals surface area (Å²) in [4.78, 5) is 42.9. The van der Waals surface area contributed by atoms with Gasteiger partial charge in [-0.25, -0.2) is 0 Å². The van der Waals surface area contributed by atoms with Crippen molar-refractivity contribution in [3.63, 3.8) is 0 Å². The number of hydrogen-bond acceptors (Lipinski definition) is 5. The summed E-state index contributed by atoms with van der Waals surface area (Å²) in [5, 5.41) is 16.4. The predicted molar refractivity (Wildman–Crippen MR) is 130 cm³/mol. The Bertz CT molecular complexity index is 963. The highest BCUT2D eigenvalue weighted by molar-refractivity contribution is 6.02. The van der Waals surface area contributed by atoms with Gasteiger partial charge < -0.3 is 25.4 Å². The van der Waals surface area contributed by atoms with Gasteiger partial charge in [0.05, 0.1) is 30.6 Å². The molecule has 4 fully saturated rings. The largest absolute Gasteiger partial charge is 0.394 e. The van der Waals surface area contributed by atoms with Crippen molar-refractivity contribution in [3.05, 3.63) is 30.3 Å². The van der Waals surface area contributed by atoms with Gasteiger partial charge in [0, 0.05) is 11.7 Å². The summed E-state index contributed by atoms with van der Waals surface area (Å²) in [6.45, 7) is 3.63. The van der Waals surface area contributed by atoms with Crippen LogP contribution in [0, 0.1) is 17.8 Å². The quantitative estimate of drug-likeness (QED) is 0.552. The first-order valence-electron chi connectivity index (χ1n) is 13.1. The smallest absolute Gasteiger partial charge is 0.246 e. The third-order valence-electron chi connectivity index (χ3n) is 8.60. The molecule has 8 nitrogen and oxygen atoms in total. The highest BCUT2D eigenvalue weighted by Gasteiger charge is 2.75. The molecule has 3 amide bonds. The van der Waals surface area contributed by atoms with Crippen molar-refractivity contribution >= 4 is 23.4 Å². The van der Waals surface area contributed by atoms with Gasteiger partial charge in [-0.05, 0) is 43.7 Å². The zero-order chi connectivity index (χ0) is 24.7. The molecule has 3 heterocycles. The van der Waals surface area contributed by atoms with Crippen molar-refractivity contribution in [2.24, 2.45) is 17.8 Å². The lowest BCUT2D eigenvalue weighted by Gasteiger charge is -2.39. The minimum Gasteiger partial charge on any atom is -0.394 e. The number of rotatable bonds is 7. The molecule has 0 radical (unpaired) electrons. The molecule has 3 aliphatic heterocycles. The van der Waals surface area contributed by atoms with Crippen LogP contribution in [0.4, 0.5) is 5.69 Å². The van der Waals surface area contributed by atoms with E-state index < -0.39 is 35.6 Å². The molecule has 35 heavy (non-hydrogen) atoms. The summed E-state index contributed by atoms with van der Waals surface area (Å²) in [6, 6.07) is 7.91. The van der Waals surface area contributed by atoms with Gasteiger partial charge in [0.1, 0.15) is 11.6 Å². The fourth-order valence-electron chi connectivity index (χ4n) is 6.94. The molecule has 0 aromatic heterocycles. The number of anilines is 1. The summed E-state index contributed by atoms with van der Waals surface area (Å²) in [5.41, 5.74) is -0.375. The van der Waals surface area contributed by atoms with Crippen LogP contribution in [0.3, 0.4) is 0 Å². The molecule has 1 aromatic carbocycles. The highest BCUT2D eigenvalue weighted by Crippen LogP contribution is 2.59. The fraction of sp³-hybridized carbons (Fsp3) is 0.667. The van der Waals surface area contributed by atoms with Crippen LogP contribution in [0.1, 0.15) is 58.8 Å². The minimum absolute atomic E-state index is 0.0575. The summed E-state index contributed by atoms with van der Waals surface area (Å²) >= 11 is 0. The van der Waals surface area contributed by atoms with Gasteiger partial charge in [0.25, 0.3) is 0 Å². The van der Waals surface area contributed by atoms with Gasteiger partial charge >= 0.3 is 0 Å². The van der Waals surface area contributed by atoms with E-state index in [4.69, 9.17) is 4.74 Å². The molecule has 2 bridgehead atoms. The van der Waals surface area contributed by atoms with Crippen LogP contribution in [0.2, 0.25) is 0 Å². The number of carbonyl (C=O) groups excluding carboxylic acids is 3. The molecule has 3 N–H and O–H groups in total. The third-order valence-corrected chi connectivity index (χ3v) is 8.60. The van der Waals surface area contributed by atoms with E-state index in [1.807, 2.05) is 44.2 Å². The SMILES string of the molecule is CC(C)[C@H](CO)N1C(=O)[C@@H]2[C@H](C(=O)Nc3ccccc3)[C@@H]3CCC2(O3)C1C(=O)NC1CCCCC1. The maximum atomic E-state index is 14.0. The van der Waals surface area contributed by atoms with Gasteiger partial charge in [-0.1, -0.05) is 51.3 Å². The predicted octanol–water partition coefficient (Wildman–Crippen LogP) is 2.47. The lowest BCUT2D eigenvalue weighted by molar-refractivity contribution is -0.146. The molecular formula is C27H37N3O5. The summed E-state index contributed by atoms with van der Waals surface area (Å²) in [7, 11) is 0. The van der Waals surface area contributed by atoms with Crippen LogP contribution in [-0.4, -0.2) is 64.2 Å². The number of aliphatic hydroxyl groups excluding tert-OH is 1. The van der Waals surface area contributed by atoms with E-state index in [0.29, 0.717) is 18.5 Å². The Labute approximate surface area is 206 Å². The number of ether oxygens (including phenoxy) is 1. The highest BCUT2D eigenvalue weighted by atomic mass is 16.5. The summed E-state index contributed by atoms with van der Waals surface area (Å²) < 4.78 is 6.49. The van der Waals surface area contributed by atoms with E-state index in [1.54, 1.807) is 4.90 Å². The average molecular weight is 484 g/mol. The van der Waals surface area contributed by atoms with Gasteiger partial charge in [0.2, 0.25) is 17.7 Å². The Balaban J connectivity index is 1.48. The number of amides is 3. The first kappa shape index (κ1) is 24.3. The molecule has 4 aliphatic rings. The molecule has 3 saturated heterocycles. The number of nitrogens with one attached hydrogen (secondary N) is 2. The Morgan fingerprint density at radius 1 is 1.11 bits per heavy atom. The van der Waals surface area contributed by atoms with E-state index in [9.17, 15) is 19.5 Å². The molecule has 6 atom stereocenters. The Morgan fingerprint density at radius 3 is 2.49 bits per heavy atom. The van der Waals surface area contributed by atoms with Crippen molar-refractivity contribution in [1.82, 2.24) is 10.2 Å². The summed E-state index contributed by atoms with van der Waals surface area (Å²) in [5.74, 6) is -2.18. The second kappa shape index (κ2) is 9.54. The molecule has 1 spiro atoms. The molecule has 1 saturated carbocycles. The van der Waals surface area contributed by atoms with E-state index in [2.05, 4.69) is 10.6 Å². The lowest BCUT2D eigenvalue weighted by Crippen LogP contribution is -2.60. The van der Waals surface area contributed by atoms with Crippen molar-refractivity contribution in [2.75, 3.05) is 11.9 Å². The zero-order valence-electron chi connectivity index (χ0n) is 20.6. The number of carbonyl (C=O) groups is 3. The van der Waals surface area contributed by atoms with Crippen molar-refractivity contribution in [1.29, 1.82) is 0 Å². The van der Waals surface area contributed by atoms with Crippen molar-refractivity contribution in [3.8, 4) is 0 Å². The number of para-hydroxylation sites is 1. The number of benzene rings is 1. The van der Waals surface area contributed by atoms with Gasteiger partial charge in [0.15, 0.2) is 0 Å². The molecule has 5 rings (SSSR count). The molecule has 8 heteroatoms. The molecular weight excluding hydrogens is 446 g/mol. The Hall–Kier alpha value is -2.45. The monoisotopic (exact) mass is 483 g/mol. The maximum Gasteiger partial charge on any atom is 0.246 e. The zero-order valence-corrected chi connectivity index (χ0v) is 20.6. The number of likely N-dealkylation sites (tertiary alicyclic amines) is 1. The van der Waals surface area contributed by atoms with E-state index in [0.717, 1.165) is 25.7 Å². The second-order valence-corrected chi connectivity index (χ2v) is 11.0. The fourth-order valence-corrected chi connectivity index (χ4v) is 6.94. The number of fused-ring (bicyclic) bond motifs is 1. The Kier molecular flexibility index (Phi) is 6.61. The number of hydrogen-bond donors (Lipinski definition) is 3. The van der Waals surface area contributed by atoms with Crippen LogP contribution >= 0.6 is 0 Å². The first-order chi connectivity index (χ1) is 16.9. The number of nitrogens with zero attached hydrogens (tertiary/aromatic N) is 1. The topological polar surface area (TPSA) is 108 Å². The number of aliphatic hydroxyl groups is 1. The van der Waals surface area contributed by atoms with E-state index in [1.165, 1.54) is 6.42 Å². The van der Waals surface area contributed by atoms with Crippen molar-refractivity contribution < 1.29 is 24.2 Å². The first-order valence-corrected chi connectivity index (χ1v) is 13.1. The second-order valence-electron chi connectivity index (χ2n) is 11.0. The van der Waals surface area contributed by atoms with Gasteiger partial charge in [-0.3, -0.25) is 14.4 Å². The van der Waals surface area contributed by atoms with Crippen LogP contribution in [-0.2, 0) is 19.1 Å². The minimum atomic E-state index is -1.04. The van der Waals surface area contributed by atoms with E-state index >= 15 is 0 Å². The van der Waals surface area contributed by atoms with Gasteiger partial charge in [-0.15, -0.1) is 0 Å². The third kappa shape index (κ3) is 4.04. The van der Waals surface area contributed by atoms with Gasteiger partial charge in [-0.2, -0.15) is 0 Å². The van der Waals surface area contributed by atoms with E-state index in [-0.39, 0.29) is 36.3 Å². The lowest BCUT2D eigenvalue weighted by atomic mass is 9.70.